The zero-order chi connectivity index (χ0) is 22.0. The van der Waals surface area contributed by atoms with Crippen LogP contribution in [0.1, 0.15) is 161 Å². The molecule has 0 heteroatoms. The Labute approximate surface area is 192 Å². The molecule has 2 radical (unpaired) electrons. The van der Waals surface area contributed by atoms with Crippen LogP contribution in [0.5, 0.6) is 0 Å². The van der Waals surface area contributed by atoms with Crippen molar-refractivity contribution in [1.29, 1.82) is 0 Å². The standard InChI is InChI=1S/C30H56/c1-4-6-8-10-12-13-14-15-16-17-18-19-20-21-23-25-27-29-30(3)28-26-24-22-11-9-7-5-2/h30H,1-2,4-23,25,27-29H2,3H3. The lowest BCUT2D eigenvalue weighted by Gasteiger charge is -2.07. The Bertz CT molecular complexity index is 358. The first kappa shape index (κ1) is 29.6. The van der Waals surface area contributed by atoms with E-state index in [4.69, 9.17) is 0 Å². The normalized spacial score (nSPS) is 12.0. The first-order valence-corrected chi connectivity index (χ1v) is 13.9. The second kappa shape index (κ2) is 26.6. The van der Waals surface area contributed by atoms with E-state index in [1.54, 1.807) is 0 Å². The van der Waals surface area contributed by atoms with Gasteiger partial charge in [-0.1, -0.05) is 149 Å². The van der Waals surface area contributed by atoms with E-state index in [0.29, 0.717) is 0 Å². The van der Waals surface area contributed by atoms with Crippen molar-refractivity contribution in [1.82, 2.24) is 0 Å². The maximum Gasteiger partial charge on any atom is 0.0114 e. The van der Waals surface area contributed by atoms with Crippen molar-refractivity contribution < 1.29 is 0 Å². The summed E-state index contributed by atoms with van der Waals surface area (Å²) in [7, 11) is 0. The minimum absolute atomic E-state index is 0.783. The van der Waals surface area contributed by atoms with Crippen LogP contribution in [-0.2, 0) is 0 Å². The molecular weight excluding hydrogens is 360 g/mol. The van der Waals surface area contributed by atoms with Gasteiger partial charge in [-0.25, -0.2) is 0 Å². The van der Waals surface area contributed by atoms with Gasteiger partial charge >= 0.3 is 0 Å². The smallest absolute Gasteiger partial charge is 0.0114 e. The van der Waals surface area contributed by atoms with Gasteiger partial charge in [-0.3, -0.25) is 0 Å². The summed E-state index contributed by atoms with van der Waals surface area (Å²) < 4.78 is 0. The summed E-state index contributed by atoms with van der Waals surface area (Å²) in [6, 6.07) is 0. The lowest BCUT2D eigenvalue weighted by Crippen LogP contribution is -1.93. The molecule has 0 aromatic rings. The number of hydrogen-bond acceptors (Lipinski definition) is 0. The third kappa shape index (κ3) is 25.6. The quantitative estimate of drug-likeness (QED) is 0.115. The van der Waals surface area contributed by atoms with Gasteiger partial charge in [0.2, 0.25) is 0 Å². The third-order valence-electron chi connectivity index (χ3n) is 6.32. The minimum atomic E-state index is 0.783. The summed E-state index contributed by atoms with van der Waals surface area (Å²) in [6.07, 6.45) is 32.6. The second-order valence-electron chi connectivity index (χ2n) is 9.63. The van der Waals surface area contributed by atoms with Crippen molar-refractivity contribution in [3.63, 3.8) is 0 Å². The number of hydrogen-bond donors (Lipinski definition) is 0. The lowest BCUT2D eigenvalue weighted by atomic mass is 9.98. The molecule has 0 saturated carbocycles. The largest absolute Gasteiger partial charge is 0.103 e. The van der Waals surface area contributed by atoms with Gasteiger partial charge in [0.25, 0.3) is 0 Å². The van der Waals surface area contributed by atoms with Crippen molar-refractivity contribution >= 4 is 0 Å². The predicted molar refractivity (Wildman–Crippen MR) is 138 cm³/mol. The van der Waals surface area contributed by atoms with Gasteiger partial charge in [0, 0.05) is 12.8 Å². The van der Waals surface area contributed by atoms with Gasteiger partial charge in [0.05, 0.1) is 0 Å². The molecule has 1 atom stereocenters. The van der Waals surface area contributed by atoms with Crippen LogP contribution in [-0.4, -0.2) is 0 Å². The summed E-state index contributed by atoms with van der Waals surface area (Å²) in [5, 5.41) is 0. The molecule has 0 aromatic heterocycles. The average molecular weight is 417 g/mol. The highest BCUT2D eigenvalue weighted by atomic mass is 14.1. The zero-order valence-corrected chi connectivity index (χ0v) is 21.0. The van der Waals surface area contributed by atoms with Crippen molar-refractivity contribution in [3.8, 4) is 11.8 Å². The molecule has 0 fully saturated rings. The highest BCUT2D eigenvalue weighted by Crippen LogP contribution is 2.16. The van der Waals surface area contributed by atoms with Crippen molar-refractivity contribution in [2.45, 2.75) is 161 Å². The maximum absolute atomic E-state index is 3.91. The van der Waals surface area contributed by atoms with Gasteiger partial charge in [0.15, 0.2) is 0 Å². The van der Waals surface area contributed by atoms with Crippen LogP contribution < -0.4 is 0 Å². The highest BCUT2D eigenvalue weighted by molar-refractivity contribution is 4.99. The topological polar surface area (TPSA) is 0 Å². The van der Waals surface area contributed by atoms with Crippen molar-refractivity contribution in [2.24, 2.45) is 5.92 Å². The lowest BCUT2D eigenvalue weighted by molar-refractivity contribution is 0.485. The van der Waals surface area contributed by atoms with Crippen LogP contribution in [0.15, 0.2) is 0 Å². The Hall–Kier alpha value is -0.440. The fraction of sp³-hybridized carbons (Fsp3) is 0.867. The molecule has 0 rings (SSSR count). The zero-order valence-electron chi connectivity index (χ0n) is 21.0. The van der Waals surface area contributed by atoms with Crippen LogP contribution in [0.2, 0.25) is 0 Å². The average Bonchev–Trinajstić information content (AvgIpc) is 2.75. The molecule has 30 heavy (non-hydrogen) atoms. The van der Waals surface area contributed by atoms with Gasteiger partial charge in [0.1, 0.15) is 0 Å². The summed E-state index contributed by atoms with van der Waals surface area (Å²) in [6.45, 7) is 10.2. The van der Waals surface area contributed by atoms with Gasteiger partial charge in [-0.15, -0.1) is 11.8 Å². The van der Waals surface area contributed by atoms with E-state index in [1.807, 2.05) is 0 Å². The fourth-order valence-corrected chi connectivity index (χ4v) is 4.15. The molecule has 0 heterocycles. The molecule has 0 bridgehead atoms. The fourth-order valence-electron chi connectivity index (χ4n) is 4.15. The predicted octanol–water partition coefficient (Wildman–Crippen LogP) is 10.7. The van der Waals surface area contributed by atoms with Crippen molar-refractivity contribution in [2.75, 3.05) is 0 Å². The summed E-state index contributed by atoms with van der Waals surface area (Å²) in [5.41, 5.74) is 0. The molecule has 176 valence electrons. The van der Waals surface area contributed by atoms with E-state index >= 15 is 0 Å². The van der Waals surface area contributed by atoms with Crippen LogP contribution in [0.3, 0.4) is 0 Å². The van der Waals surface area contributed by atoms with Crippen LogP contribution >= 0.6 is 0 Å². The van der Waals surface area contributed by atoms with E-state index < -0.39 is 0 Å². The SMILES string of the molecule is [CH2]CCCCCC#CCC(C)CCCCCCCCCCCCCCCCCC[CH2]. The molecule has 0 N–H and O–H groups in total. The number of unbranched alkanes of at least 4 members (excludes halogenated alkanes) is 20. The molecule has 0 aliphatic rings. The molecule has 0 nitrogen and oxygen atoms in total. The Morgan fingerprint density at radius 3 is 1.27 bits per heavy atom. The maximum atomic E-state index is 3.91. The Morgan fingerprint density at radius 1 is 0.467 bits per heavy atom. The second-order valence-corrected chi connectivity index (χ2v) is 9.63. The van der Waals surface area contributed by atoms with E-state index in [2.05, 4.69) is 32.6 Å². The van der Waals surface area contributed by atoms with E-state index in [1.165, 1.54) is 128 Å². The minimum Gasteiger partial charge on any atom is -0.103 e. The summed E-state index contributed by atoms with van der Waals surface area (Å²) in [5.74, 6) is 7.55. The molecule has 0 aliphatic carbocycles. The van der Waals surface area contributed by atoms with Crippen LogP contribution in [0.4, 0.5) is 0 Å². The van der Waals surface area contributed by atoms with Crippen molar-refractivity contribution in [3.05, 3.63) is 13.8 Å². The molecule has 1 unspecified atom stereocenters. The van der Waals surface area contributed by atoms with E-state index in [9.17, 15) is 0 Å². The third-order valence-corrected chi connectivity index (χ3v) is 6.32. The molecule has 0 aromatic carbocycles. The highest BCUT2D eigenvalue weighted by Gasteiger charge is 2.00. The van der Waals surface area contributed by atoms with Gasteiger partial charge in [-0.2, -0.15) is 0 Å². The number of rotatable bonds is 23. The first-order valence-electron chi connectivity index (χ1n) is 13.9. The molecule has 0 amide bonds. The molecule has 0 aliphatic heterocycles. The Morgan fingerprint density at radius 2 is 0.833 bits per heavy atom. The molecule has 0 spiro atoms. The molecular formula is C30H56. The summed E-state index contributed by atoms with van der Waals surface area (Å²) >= 11 is 0. The summed E-state index contributed by atoms with van der Waals surface area (Å²) in [4.78, 5) is 0. The van der Waals surface area contributed by atoms with Gasteiger partial charge in [-0.05, 0) is 18.8 Å². The van der Waals surface area contributed by atoms with Crippen LogP contribution in [0, 0.1) is 31.6 Å². The first-order chi connectivity index (χ1) is 14.8. The van der Waals surface area contributed by atoms with Gasteiger partial charge < -0.3 is 0 Å². The van der Waals surface area contributed by atoms with Crippen LogP contribution in [0.25, 0.3) is 0 Å². The molecule has 0 saturated heterocycles. The monoisotopic (exact) mass is 416 g/mol. The van der Waals surface area contributed by atoms with E-state index in [0.717, 1.165) is 31.6 Å². The Balaban J connectivity index is 3.17. The van der Waals surface area contributed by atoms with E-state index in [-0.39, 0.29) is 0 Å². The Kier molecular flexibility index (Phi) is 26.2.